The number of carbonyl (C=O) groups excluding carboxylic acids is 1. The summed E-state index contributed by atoms with van der Waals surface area (Å²) in [6.45, 7) is 0. The zero-order valence-corrected chi connectivity index (χ0v) is 12.6. The molecule has 2 aromatic rings. The molecular formula is C15H10Br2O. The largest absolute Gasteiger partial charge is 0.289 e. The third-order valence-corrected chi connectivity index (χ3v) is 3.37. The first-order valence-corrected chi connectivity index (χ1v) is 6.97. The van der Waals surface area contributed by atoms with Gasteiger partial charge in [-0.05, 0) is 35.9 Å². The number of carbonyl (C=O) groups is 1. The summed E-state index contributed by atoms with van der Waals surface area (Å²) in [7, 11) is 0. The Morgan fingerprint density at radius 3 is 2.28 bits per heavy atom. The van der Waals surface area contributed by atoms with Crippen molar-refractivity contribution in [1.29, 1.82) is 0 Å². The first kappa shape index (κ1) is 13.2. The lowest BCUT2D eigenvalue weighted by Gasteiger charge is -1.97. The number of hydrogen-bond donors (Lipinski definition) is 0. The van der Waals surface area contributed by atoms with Crippen molar-refractivity contribution in [2.75, 3.05) is 0 Å². The van der Waals surface area contributed by atoms with Gasteiger partial charge in [-0.3, -0.25) is 4.79 Å². The van der Waals surface area contributed by atoms with Gasteiger partial charge in [0.2, 0.25) is 0 Å². The van der Waals surface area contributed by atoms with Gasteiger partial charge in [-0.1, -0.05) is 62.2 Å². The molecule has 0 bridgehead atoms. The first-order chi connectivity index (χ1) is 8.65. The average molecular weight is 366 g/mol. The van der Waals surface area contributed by atoms with Crippen molar-refractivity contribution in [2.45, 2.75) is 0 Å². The quantitative estimate of drug-likeness (QED) is 0.545. The van der Waals surface area contributed by atoms with E-state index in [0.717, 1.165) is 14.5 Å². The zero-order chi connectivity index (χ0) is 13.0. The van der Waals surface area contributed by atoms with Gasteiger partial charge in [-0.15, -0.1) is 0 Å². The molecule has 0 fully saturated rings. The van der Waals surface area contributed by atoms with E-state index >= 15 is 0 Å². The highest BCUT2D eigenvalue weighted by Crippen LogP contribution is 2.15. The SMILES string of the molecule is O=C(/C=C/c1cccc(Br)c1)c1cccc(Br)c1. The highest BCUT2D eigenvalue weighted by molar-refractivity contribution is 9.10. The van der Waals surface area contributed by atoms with E-state index in [9.17, 15) is 4.79 Å². The summed E-state index contributed by atoms with van der Waals surface area (Å²) in [5, 5.41) is 0. The fraction of sp³-hybridized carbons (Fsp3) is 0. The molecule has 0 aromatic heterocycles. The van der Waals surface area contributed by atoms with E-state index in [4.69, 9.17) is 0 Å². The predicted octanol–water partition coefficient (Wildman–Crippen LogP) is 5.11. The van der Waals surface area contributed by atoms with E-state index in [1.807, 2.05) is 48.5 Å². The van der Waals surface area contributed by atoms with E-state index < -0.39 is 0 Å². The molecule has 0 atom stereocenters. The van der Waals surface area contributed by atoms with Crippen LogP contribution in [0.25, 0.3) is 6.08 Å². The highest BCUT2D eigenvalue weighted by Gasteiger charge is 2.01. The Morgan fingerprint density at radius 1 is 0.944 bits per heavy atom. The van der Waals surface area contributed by atoms with Crippen LogP contribution in [0.2, 0.25) is 0 Å². The summed E-state index contributed by atoms with van der Waals surface area (Å²) in [5.41, 5.74) is 1.67. The lowest BCUT2D eigenvalue weighted by atomic mass is 10.1. The smallest absolute Gasteiger partial charge is 0.185 e. The lowest BCUT2D eigenvalue weighted by molar-refractivity contribution is 0.104. The fourth-order valence-electron chi connectivity index (χ4n) is 1.52. The summed E-state index contributed by atoms with van der Waals surface area (Å²) in [6, 6.07) is 15.2. The van der Waals surface area contributed by atoms with Gasteiger partial charge < -0.3 is 0 Å². The van der Waals surface area contributed by atoms with Gasteiger partial charge in [0.05, 0.1) is 0 Å². The number of allylic oxidation sites excluding steroid dienone is 1. The lowest BCUT2D eigenvalue weighted by Crippen LogP contribution is -1.93. The minimum Gasteiger partial charge on any atom is -0.289 e. The Bertz CT molecular complexity index is 603. The molecule has 0 aliphatic rings. The molecule has 2 rings (SSSR count). The first-order valence-electron chi connectivity index (χ1n) is 5.39. The molecule has 0 aliphatic carbocycles. The Balaban J connectivity index is 2.17. The topological polar surface area (TPSA) is 17.1 Å². The molecule has 0 saturated heterocycles. The molecule has 0 radical (unpaired) electrons. The van der Waals surface area contributed by atoms with Crippen molar-refractivity contribution in [3.63, 3.8) is 0 Å². The highest BCUT2D eigenvalue weighted by atomic mass is 79.9. The maximum atomic E-state index is 11.9. The molecule has 0 unspecified atom stereocenters. The van der Waals surface area contributed by atoms with Gasteiger partial charge in [-0.25, -0.2) is 0 Å². The Morgan fingerprint density at radius 2 is 1.61 bits per heavy atom. The molecule has 0 N–H and O–H groups in total. The summed E-state index contributed by atoms with van der Waals surface area (Å²) in [5.74, 6) is -0.00345. The van der Waals surface area contributed by atoms with Crippen LogP contribution in [0.1, 0.15) is 15.9 Å². The third kappa shape index (κ3) is 3.65. The number of benzene rings is 2. The van der Waals surface area contributed by atoms with E-state index in [0.29, 0.717) is 5.56 Å². The number of halogens is 2. The molecule has 3 heteroatoms. The minimum atomic E-state index is -0.00345. The van der Waals surface area contributed by atoms with Crippen LogP contribution in [0.3, 0.4) is 0 Å². The second-order valence-electron chi connectivity index (χ2n) is 3.76. The second-order valence-corrected chi connectivity index (χ2v) is 5.59. The van der Waals surface area contributed by atoms with Gasteiger partial charge in [0.1, 0.15) is 0 Å². The van der Waals surface area contributed by atoms with Gasteiger partial charge in [0.25, 0.3) is 0 Å². The van der Waals surface area contributed by atoms with Crippen molar-refractivity contribution < 1.29 is 4.79 Å². The monoisotopic (exact) mass is 364 g/mol. The molecule has 0 spiro atoms. The molecule has 2 aromatic carbocycles. The van der Waals surface area contributed by atoms with Crippen LogP contribution < -0.4 is 0 Å². The fourth-order valence-corrected chi connectivity index (χ4v) is 2.34. The Hall–Kier alpha value is -1.19. The molecule has 0 amide bonds. The van der Waals surface area contributed by atoms with Crippen LogP contribution in [-0.4, -0.2) is 5.78 Å². The normalized spacial score (nSPS) is 10.8. The summed E-state index contributed by atoms with van der Waals surface area (Å²) < 4.78 is 1.91. The standard InChI is InChI=1S/C15H10Br2O/c16-13-5-1-3-11(9-13)7-8-15(18)12-4-2-6-14(17)10-12/h1-10H/b8-7+. The molecule has 0 aliphatic heterocycles. The van der Waals surface area contributed by atoms with Crippen LogP contribution in [0.15, 0.2) is 63.6 Å². The Labute approximate surface area is 123 Å². The molecule has 1 nitrogen and oxygen atoms in total. The zero-order valence-electron chi connectivity index (χ0n) is 9.44. The Kier molecular flexibility index (Phi) is 4.50. The number of rotatable bonds is 3. The average Bonchev–Trinajstić information content (AvgIpc) is 2.36. The van der Waals surface area contributed by atoms with Crippen LogP contribution >= 0.6 is 31.9 Å². The van der Waals surface area contributed by atoms with Crippen molar-refractivity contribution in [3.05, 3.63) is 74.7 Å². The van der Waals surface area contributed by atoms with Gasteiger partial charge >= 0.3 is 0 Å². The maximum absolute atomic E-state index is 11.9. The number of hydrogen-bond acceptors (Lipinski definition) is 1. The van der Waals surface area contributed by atoms with Crippen LogP contribution in [0, 0.1) is 0 Å². The summed E-state index contributed by atoms with van der Waals surface area (Å²) >= 11 is 6.75. The van der Waals surface area contributed by atoms with Crippen LogP contribution in [0.5, 0.6) is 0 Å². The van der Waals surface area contributed by atoms with Crippen LogP contribution in [-0.2, 0) is 0 Å². The van der Waals surface area contributed by atoms with Gasteiger partial charge in [-0.2, -0.15) is 0 Å². The molecule has 18 heavy (non-hydrogen) atoms. The van der Waals surface area contributed by atoms with Crippen molar-refractivity contribution in [3.8, 4) is 0 Å². The molecule has 0 saturated carbocycles. The van der Waals surface area contributed by atoms with E-state index in [1.54, 1.807) is 12.1 Å². The number of ketones is 1. The van der Waals surface area contributed by atoms with E-state index in [-0.39, 0.29) is 5.78 Å². The molecule has 0 heterocycles. The van der Waals surface area contributed by atoms with Gasteiger partial charge in [0, 0.05) is 14.5 Å². The predicted molar refractivity (Wildman–Crippen MR) is 81.6 cm³/mol. The van der Waals surface area contributed by atoms with Gasteiger partial charge in [0.15, 0.2) is 5.78 Å². The molecular weight excluding hydrogens is 356 g/mol. The second kappa shape index (κ2) is 6.12. The minimum absolute atomic E-state index is 0.00345. The van der Waals surface area contributed by atoms with Crippen molar-refractivity contribution >= 4 is 43.7 Å². The summed E-state index contributed by atoms with van der Waals surface area (Å²) in [6.07, 6.45) is 3.40. The summed E-state index contributed by atoms with van der Waals surface area (Å²) in [4.78, 5) is 11.9. The third-order valence-electron chi connectivity index (χ3n) is 2.38. The van der Waals surface area contributed by atoms with Crippen molar-refractivity contribution in [1.82, 2.24) is 0 Å². The molecule has 90 valence electrons. The van der Waals surface area contributed by atoms with Crippen molar-refractivity contribution in [2.24, 2.45) is 0 Å². The van der Waals surface area contributed by atoms with E-state index in [2.05, 4.69) is 31.9 Å². The van der Waals surface area contributed by atoms with E-state index in [1.165, 1.54) is 0 Å². The maximum Gasteiger partial charge on any atom is 0.185 e. The van der Waals surface area contributed by atoms with Crippen LogP contribution in [0.4, 0.5) is 0 Å².